The third-order valence-corrected chi connectivity index (χ3v) is 2.79. The van der Waals surface area contributed by atoms with Crippen molar-refractivity contribution in [2.75, 3.05) is 14.2 Å². The number of hydrogen-bond donors (Lipinski definition) is 1. The number of hydrogen-bond acceptors (Lipinski definition) is 5. The van der Waals surface area contributed by atoms with Crippen LogP contribution in [0.4, 0.5) is 0 Å². The van der Waals surface area contributed by atoms with Gasteiger partial charge in [0.05, 0.1) is 14.2 Å². The third kappa shape index (κ3) is 2.37. The predicted molar refractivity (Wildman–Crippen MR) is 66.7 cm³/mol. The van der Waals surface area contributed by atoms with Crippen LogP contribution in [0.2, 0.25) is 0 Å². The van der Waals surface area contributed by atoms with E-state index >= 15 is 0 Å². The minimum atomic E-state index is -1.16. The lowest BCUT2D eigenvalue weighted by Gasteiger charge is -2.11. The average molecular weight is 263 g/mol. The molecule has 0 radical (unpaired) electrons. The van der Waals surface area contributed by atoms with Crippen LogP contribution in [0.3, 0.4) is 0 Å². The van der Waals surface area contributed by atoms with Gasteiger partial charge in [0, 0.05) is 23.3 Å². The molecule has 0 aliphatic carbocycles. The number of carboxylic acids is 1. The monoisotopic (exact) mass is 263 g/mol. The number of methoxy groups -OCH3 is 2. The van der Waals surface area contributed by atoms with Gasteiger partial charge in [-0.1, -0.05) is 5.16 Å². The molecule has 6 heteroatoms. The predicted octanol–water partition coefficient (Wildman–Crippen LogP) is 2.37. The number of benzene rings is 1. The molecule has 0 spiro atoms. The number of aromatic nitrogens is 1. The molecule has 1 aromatic heterocycles. The standard InChI is InChI=1S/C13H13NO5/c1-7-9(4-8(17-2)5-11(7)18-3)10-6-12(13(15)16)19-14-10/h4-6H,1-3H3,(H,15,16). The molecule has 1 N–H and O–H groups in total. The smallest absolute Gasteiger partial charge is 0.374 e. The molecule has 0 atom stereocenters. The van der Waals surface area contributed by atoms with Gasteiger partial charge < -0.3 is 19.1 Å². The van der Waals surface area contributed by atoms with E-state index in [9.17, 15) is 4.79 Å². The maximum Gasteiger partial charge on any atom is 0.374 e. The highest BCUT2D eigenvalue weighted by Gasteiger charge is 2.16. The summed E-state index contributed by atoms with van der Waals surface area (Å²) in [5.74, 6) is -0.144. The first-order valence-corrected chi connectivity index (χ1v) is 5.49. The second-order valence-electron chi connectivity index (χ2n) is 3.88. The van der Waals surface area contributed by atoms with Crippen LogP contribution in [0, 0.1) is 6.92 Å². The average Bonchev–Trinajstić information content (AvgIpc) is 2.88. The lowest BCUT2D eigenvalue weighted by molar-refractivity contribution is 0.0652. The van der Waals surface area contributed by atoms with Crippen molar-refractivity contribution in [3.05, 3.63) is 29.5 Å². The first-order chi connectivity index (χ1) is 9.06. The molecule has 0 amide bonds. The van der Waals surface area contributed by atoms with Crippen LogP contribution in [-0.2, 0) is 0 Å². The van der Waals surface area contributed by atoms with Gasteiger partial charge in [-0.25, -0.2) is 4.79 Å². The highest BCUT2D eigenvalue weighted by atomic mass is 16.5. The van der Waals surface area contributed by atoms with E-state index in [0.29, 0.717) is 22.8 Å². The second-order valence-corrected chi connectivity index (χ2v) is 3.88. The minimum absolute atomic E-state index is 0.212. The third-order valence-electron chi connectivity index (χ3n) is 2.79. The molecule has 0 saturated carbocycles. The first kappa shape index (κ1) is 12.9. The summed E-state index contributed by atoms with van der Waals surface area (Å²) >= 11 is 0. The molecule has 0 aliphatic heterocycles. The van der Waals surface area contributed by atoms with Gasteiger partial charge in [-0.3, -0.25) is 0 Å². The Bertz CT molecular complexity index is 617. The molecule has 0 unspecified atom stereocenters. The Hall–Kier alpha value is -2.50. The summed E-state index contributed by atoms with van der Waals surface area (Å²) in [4.78, 5) is 10.8. The molecule has 0 bridgehead atoms. The molecule has 19 heavy (non-hydrogen) atoms. The second kappa shape index (κ2) is 5.01. The zero-order valence-corrected chi connectivity index (χ0v) is 10.8. The quantitative estimate of drug-likeness (QED) is 0.911. The molecular weight excluding hydrogens is 250 g/mol. The van der Waals surface area contributed by atoms with Crippen LogP contribution in [0.1, 0.15) is 16.1 Å². The van der Waals surface area contributed by atoms with Crippen molar-refractivity contribution in [2.45, 2.75) is 6.92 Å². The molecule has 2 rings (SSSR count). The Balaban J connectivity index is 2.56. The summed E-state index contributed by atoms with van der Waals surface area (Å²) in [5, 5.41) is 12.6. The van der Waals surface area contributed by atoms with Crippen LogP contribution < -0.4 is 9.47 Å². The molecule has 0 saturated heterocycles. The number of aromatic carboxylic acids is 1. The Morgan fingerprint density at radius 3 is 2.53 bits per heavy atom. The van der Waals surface area contributed by atoms with Crippen LogP contribution in [0.5, 0.6) is 11.5 Å². The SMILES string of the molecule is COc1cc(OC)c(C)c(-c2cc(C(=O)O)on2)c1. The first-order valence-electron chi connectivity index (χ1n) is 5.49. The summed E-state index contributed by atoms with van der Waals surface area (Å²) in [6, 6.07) is 4.86. The lowest BCUT2D eigenvalue weighted by Crippen LogP contribution is -1.94. The molecule has 6 nitrogen and oxygen atoms in total. The minimum Gasteiger partial charge on any atom is -0.497 e. The largest absolute Gasteiger partial charge is 0.497 e. The van der Waals surface area contributed by atoms with E-state index in [4.69, 9.17) is 19.1 Å². The lowest BCUT2D eigenvalue weighted by atomic mass is 10.0. The Labute approximate surface area is 109 Å². The van der Waals surface area contributed by atoms with Gasteiger partial charge in [-0.15, -0.1) is 0 Å². The summed E-state index contributed by atoms with van der Waals surface area (Å²) in [6.07, 6.45) is 0. The molecule has 0 fully saturated rings. The van der Waals surface area contributed by atoms with Crippen molar-refractivity contribution in [3.63, 3.8) is 0 Å². The Morgan fingerprint density at radius 2 is 2.00 bits per heavy atom. The number of rotatable bonds is 4. The Morgan fingerprint density at radius 1 is 1.26 bits per heavy atom. The number of ether oxygens (including phenoxy) is 2. The van der Waals surface area contributed by atoms with Gasteiger partial charge in [-0.05, 0) is 13.0 Å². The highest BCUT2D eigenvalue weighted by Crippen LogP contribution is 2.34. The zero-order valence-electron chi connectivity index (χ0n) is 10.8. The van der Waals surface area contributed by atoms with Crippen LogP contribution >= 0.6 is 0 Å². The highest BCUT2D eigenvalue weighted by molar-refractivity contribution is 5.86. The fourth-order valence-electron chi connectivity index (χ4n) is 1.76. The molecular formula is C13H13NO5. The van der Waals surface area contributed by atoms with Crippen LogP contribution in [0.25, 0.3) is 11.3 Å². The summed E-state index contributed by atoms with van der Waals surface area (Å²) in [7, 11) is 3.09. The van der Waals surface area contributed by atoms with Crippen molar-refractivity contribution in [1.29, 1.82) is 0 Å². The number of carboxylic acid groups (broad SMARTS) is 1. The van der Waals surface area contributed by atoms with E-state index in [-0.39, 0.29) is 5.76 Å². The van der Waals surface area contributed by atoms with E-state index in [1.165, 1.54) is 6.07 Å². The van der Waals surface area contributed by atoms with Crippen molar-refractivity contribution in [3.8, 4) is 22.8 Å². The van der Waals surface area contributed by atoms with E-state index in [0.717, 1.165) is 5.56 Å². The Kier molecular flexibility index (Phi) is 3.41. The normalized spacial score (nSPS) is 10.3. The molecule has 100 valence electrons. The van der Waals surface area contributed by atoms with Crippen molar-refractivity contribution >= 4 is 5.97 Å². The number of nitrogens with zero attached hydrogens (tertiary/aromatic N) is 1. The van der Waals surface area contributed by atoms with Crippen molar-refractivity contribution < 1.29 is 23.9 Å². The molecule has 1 aromatic carbocycles. The van der Waals surface area contributed by atoms with Gasteiger partial charge in [0.1, 0.15) is 17.2 Å². The molecule has 2 aromatic rings. The maximum absolute atomic E-state index is 10.8. The number of carbonyl (C=O) groups is 1. The van der Waals surface area contributed by atoms with Crippen molar-refractivity contribution in [2.24, 2.45) is 0 Å². The van der Waals surface area contributed by atoms with Crippen molar-refractivity contribution in [1.82, 2.24) is 5.16 Å². The van der Waals surface area contributed by atoms with E-state index in [2.05, 4.69) is 5.16 Å². The van der Waals surface area contributed by atoms with Crippen LogP contribution in [-0.4, -0.2) is 30.5 Å². The fraction of sp³-hybridized carbons (Fsp3) is 0.231. The molecule has 0 aliphatic rings. The molecule has 1 heterocycles. The van der Waals surface area contributed by atoms with E-state index in [1.54, 1.807) is 26.4 Å². The summed E-state index contributed by atoms with van der Waals surface area (Å²) in [6.45, 7) is 1.85. The fourth-order valence-corrected chi connectivity index (χ4v) is 1.76. The van der Waals surface area contributed by atoms with E-state index in [1.807, 2.05) is 6.92 Å². The summed E-state index contributed by atoms with van der Waals surface area (Å²) < 4.78 is 15.2. The van der Waals surface area contributed by atoms with E-state index < -0.39 is 5.97 Å². The zero-order chi connectivity index (χ0) is 14.0. The van der Waals surface area contributed by atoms with Crippen LogP contribution in [0.15, 0.2) is 22.7 Å². The topological polar surface area (TPSA) is 81.8 Å². The van der Waals surface area contributed by atoms with Gasteiger partial charge in [0.2, 0.25) is 5.76 Å². The summed E-state index contributed by atoms with van der Waals surface area (Å²) in [5.41, 5.74) is 1.95. The van der Waals surface area contributed by atoms with Gasteiger partial charge in [0.25, 0.3) is 0 Å². The maximum atomic E-state index is 10.8. The van der Waals surface area contributed by atoms with Gasteiger partial charge in [-0.2, -0.15) is 0 Å². The van der Waals surface area contributed by atoms with Gasteiger partial charge >= 0.3 is 5.97 Å². The van der Waals surface area contributed by atoms with Gasteiger partial charge in [0.15, 0.2) is 0 Å².